The van der Waals surface area contributed by atoms with Crippen molar-refractivity contribution in [3.63, 3.8) is 0 Å². The van der Waals surface area contributed by atoms with Gasteiger partial charge in [-0.05, 0) is 51.7 Å². The molecule has 1 heterocycles. The van der Waals surface area contributed by atoms with Crippen LogP contribution in [0.4, 0.5) is 0 Å². The molecule has 0 spiro atoms. The number of aliphatic carboxylic acids is 1. The van der Waals surface area contributed by atoms with E-state index in [1.54, 1.807) is 6.92 Å². The first-order valence-corrected chi connectivity index (χ1v) is 9.61. The first-order valence-electron chi connectivity index (χ1n) is 9.61. The van der Waals surface area contributed by atoms with E-state index in [-0.39, 0.29) is 18.4 Å². The average Bonchev–Trinajstić information content (AvgIpc) is 3.44. The second-order valence-electron chi connectivity index (χ2n) is 7.51. The molecule has 5 heteroatoms. The van der Waals surface area contributed by atoms with Gasteiger partial charge in [0.1, 0.15) is 6.04 Å². The first-order chi connectivity index (χ1) is 12.9. The van der Waals surface area contributed by atoms with Crippen LogP contribution in [0.2, 0.25) is 0 Å². The maximum absolute atomic E-state index is 12.9. The molecule has 5 nitrogen and oxygen atoms in total. The number of aromatic nitrogens is 1. The Morgan fingerprint density at radius 3 is 2.48 bits per heavy atom. The summed E-state index contributed by atoms with van der Waals surface area (Å²) in [6.45, 7) is 6.66. The summed E-state index contributed by atoms with van der Waals surface area (Å²) >= 11 is 0. The summed E-state index contributed by atoms with van der Waals surface area (Å²) in [5.41, 5.74) is 4.01. The van der Waals surface area contributed by atoms with Crippen LogP contribution in [0, 0.1) is 13.8 Å². The van der Waals surface area contributed by atoms with Gasteiger partial charge >= 0.3 is 5.97 Å². The fourth-order valence-electron chi connectivity index (χ4n) is 3.69. The van der Waals surface area contributed by atoms with Crippen molar-refractivity contribution >= 4 is 11.8 Å². The molecule has 1 N–H and O–H groups in total. The lowest BCUT2D eigenvalue weighted by Crippen LogP contribution is -2.43. The molecule has 0 radical (unpaired) electrons. The number of Topliss-reactive ketones (excluding diaryl/α,β-unsaturated/α-hetero) is 1. The Labute approximate surface area is 160 Å². The smallest absolute Gasteiger partial charge is 0.320 e. The van der Waals surface area contributed by atoms with Gasteiger partial charge in [-0.25, -0.2) is 0 Å². The normalized spacial score (nSPS) is 15.1. The van der Waals surface area contributed by atoms with Crippen molar-refractivity contribution in [1.29, 1.82) is 0 Å². The molecule has 1 aromatic carbocycles. The summed E-state index contributed by atoms with van der Waals surface area (Å²) in [6, 6.07) is 11.8. The predicted molar refractivity (Wildman–Crippen MR) is 105 cm³/mol. The number of carboxylic acid groups (broad SMARTS) is 1. The average molecular weight is 368 g/mol. The molecule has 0 amide bonds. The summed E-state index contributed by atoms with van der Waals surface area (Å²) < 4.78 is 2.18. The number of hydrogen-bond donors (Lipinski definition) is 1. The van der Waals surface area contributed by atoms with E-state index in [4.69, 9.17) is 0 Å². The van der Waals surface area contributed by atoms with Crippen LogP contribution in [0.15, 0.2) is 36.4 Å². The maximum Gasteiger partial charge on any atom is 0.320 e. The second kappa shape index (κ2) is 8.09. The van der Waals surface area contributed by atoms with Crippen LogP contribution >= 0.6 is 0 Å². The summed E-state index contributed by atoms with van der Waals surface area (Å²) in [4.78, 5) is 26.1. The molecule has 0 aliphatic heterocycles. The summed E-state index contributed by atoms with van der Waals surface area (Å²) in [6.07, 6.45) is 2.86. The third-order valence-electron chi connectivity index (χ3n) is 5.54. The van der Waals surface area contributed by atoms with Crippen molar-refractivity contribution in [2.24, 2.45) is 0 Å². The van der Waals surface area contributed by atoms with E-state index in [9.17, 15) is 14.7 Å². The monoisotopic (exact) mass is 368 g/mol. The van der Waals surface area contributed by atoms with Gasteiger partial charge in [-0.1, -0.05) is 30.3 Å². The van der Waals surface area contributed by atoms with E-state index >= 15 is 0 Å². The minimum absolute atomic E-state index is 0.00839. The van der Waals surface area contributed by atoms with Gasteiger partial charge in [-0.2, -0.15) is 0 Å². The number of carbonyl (C=O) groups excluding carboxylic acids is 1. The van der Waals surface area contributed by atoms with Crippen LogP contribution in [-0.4, -0.2) is 45.0 Å². The molecule has 2 aromatic rings. The first kappa shape index (κ1) is 19.4. The van der Waals surface area contributed by atoms with E-state index in [0.717, 1.165) is 37.2 Å². The van der Waals surface area contributed by atoms with Crippen LogP contribution in [0.5, 0.6) is 0 Å². The van der Waals surface area contributed by atoms with E-state index in [1.807, 2.05) is 43.0 Å². The van der Waals surface area contributed by atoms with Crippen molar-refractivity contribution in [3.8, 4) is 0 Å². The number of ketones is 1. The Bertz CT molecular complexity index is 822. The highest BCUT2D eigenvalue weighted by atomic mass is 16.4. The minimum atomic E-state index is -0.872. The standard InChI is InChI=1S/C22H28N2O3/c1-15-13-20(16(2)23(15)12-11-18-7-5-4-6-8-18)21(25)14-24(19-9-10-19)17(3)22(26)27/h4-8,13,17,19H,9-12,14H2,1-3H3,(H,26,27). The van der Waals surface area contributed by atoms with Gasteiger partial charge in [0, 0.05) is 29.5 Å². The van der Waals surface area contributed by atoms with Crippen molar-refractivity contribution in [2.45, 2.75) is 58.7 Å². The highest BCUT2D eigenvalue weighted by Gasteiger charge is 2.36. The van der Waals surface area contributed by atoms with Crippen LogP contribution < -0.4 is 0 Å². The zero-order chi connectivity index (χ0) is 19.6. The molecule has 27 heavy (non-hydrogen) atoms. The lowest BCUT2D eigenvalue weighted by molar-refractivity contribution is -0.142. The Kier molecular flexibility index (Phi) is 5.80. The maximum atomic E-state index is 12.9. The Balaban J connectivity index is 1.72. The van der Waals surface area contributed by atoms with Gasteiger partial charge < -0.3 is 9.67 Å². The molecule has 3 rings (SSSR count). The topological polar surface area (TPSA) is 62.5 Å². The number of benzene rings is 1. The van der Waals surface area contributed by atoms with E-state index in [1.165, 1.54) is 5.56 Å². The number of rotatable bonds is 9. The summed E-state index contributed by atoms with van der Waals surface area (Å²) in [5, 5.41) is 9.34. The molecular formula is C22H28N2O3. The quantitative estimate of drug-likeness (QED) is 0.689. The van der Waals surface area contributed by atoms with Crippen molar-refractivity contribution < 1.29 is 14.7 Å². The van der Waals surface area contributed by atoms with E-state index < -0.39 is 12.0 Å². The van der Waals surface area contributed by atoms with Crippen LogP contribution in [0.1, 0.15) is 47.1 Å². The fourth-order valence-corrected chi connectivity index (χ4v) is 3.69. The highest BCUT2D eigenvalue weighted by molar-refractivity contribution is 5.99. The summed E-state index contributed by atoms with van der Waals surface area (Å²) in [5.74, 6) is -0.864. The molecule has 1 atom stereocenters. The predicted octanol–water partition coefficient (Wildman–Crippen LogP) is 3.47. The molecule has 1 aliphatic rings. The number of carboxylic acids is 1. The largest absolute Gasteiger partial charge is 0.480 e. The zero-order valence-corrected chi connectivity index (χ0v) is 16.3. The second-order valence-corrected chi connectivity index (χ2v) is 7.51. The number of aryl methyl sites for hydroxylation is 2. The minimum Gasteiger partial charge on any atom is -0.480 e. The van der Waals surface area contributed by atoms with Gasteiger partial charge in [0.2, 0.25) is 0 Å². The van der Waals surface area contributed by atoms with Crippen LogP contribution in [-0.2, 0) is 17.8 Å². The van der Waals surface area contributed by atoms with Gasteiger partial charge in [0.25, 0.3) is 0 Å². The van der Waals surface area contributed by atoms with Crippen LogP contribution in [0.25, 0.3) is 0 Å². The fraction of sp³-hybridized carbons (Fsp3) is 0.455. The molecule has 0 saturated heterocycles. The number of hydrogen-bond acceptors (Lipinski definition) is 3. The lowest BCUT2D eigenvalue weighted by atomic mass is 10.1. The summed E-state index contributed by atoms with van der Waals surface area (Å²) in [7, 11) is 0. The van der Waals surface area contributed by atoms with Crippen molar-refractivity contribution in [1.82, 2.24) is 9.47 Å². The molecule has 1 fully saturated rings. The Morgan fingerprint density at radius 1 is 1.22 bits per heavy atom. The number of nitrogens with zero attached hydrogens (tertiary/aromatic N) is 2. The Hall–Kier alpha value is -2.40. The van der Waals surface area contributed by atoms with Gasteiger partial charge in [0.15, 0.2) is 5.78 Å². The van der Waals surface area contributed by atoms with Gasteiger partial charge in [0.05, 0.1) is 6.54 Å². The molecule has 0 bridgehead atoms. The third kappa shape index (κ3) is 4.48. The van der Waals surface area contributed by atoms with Gasteiger partial charge in [-0.3, -0.25) is 14.5 Å². The van der Waals surface area contributed by atoms with Crippen LogP contribution in [0.3, 0.4) is 0 Å². The van der Waals surface area contributed by atoms with Crippen molar-refractivity contribution in [3.05, 3.63) is 58.9 Å². The molecule has 144 valence electrons. The zero-order valence-electron chi connectivity index (χ0n) is 16.3. The Morgan fingerprint density at radius 2 is 1.89 bits per heavy atom. The molecule has 1 saturated carbocycles. The number of carbonyl (C=O) groups is 2. The van der Waals surface area contributed by atoms with E-state index in [2.05, 4.69) is 16.7 Å². The highest BCUT2D eigenvalue weighted by Crippen LogP contribution is 2.29. The SMILES string of the molecule is Cc1cc(C(=O)CN(C2CC2)C(C)C(=O)O)c(C)n1CCc1ccccc1. The molecule has 1 aliphatic carbocycles. The molecule has 1 aromatic heterocycles. The molecule has 1 unspecified atom stereocenters. The van der Waals surface area contributed by atoms with Crippen molar-refractivity contribution in [2.75, 3.05) is 6.54 Å². The lowest BCUT2D eigenvalue weighted by Gasteiger charge is -2.25. The van der Waals surface area contributed by atoms with E-state index in [0.29, 0.717) is 5.56 Å². The third-order valence-corrected chi connectivity index (χ3v) is 5.54. The molecular weight excluding hydrogens is 340 g/mol. The van der Waals surface area contributed by atoms with Gasteiger partial charge in [-0.15, -0.1) is 0 Å².